The summed E-state index contributed by atoms with van der Waals surface area (Å²) in [4.78, 5) is 22.7. The summed E-state index contributed by atoms with van der Waals surface area (Å²) in [5.74, 6) is 5.99. The van der Waals surface area contributed by atoms with E-state index in [0.717, 1.165) is 11.1 Å². The van der Waals surface area contributed by atoms with Gasteiger partial charge in [-0.05, 0) is 5.56 Å². The molecule has 25 heavy (non-hydrogen) atoms. The highest BCUT2D eigenvalue weighted by molar-refractivity contribution is 6.33. The highest BCUT2D eigenvalue weighted by Gasteiger charge is 2.06. The third-order valence-corrected chi connectivity index (χ3v) is 3.66. The Kier molecular flexibility index (Phi) is 5.50. The van der Waals surface area contributed by atoms with Crippen LogP contribution in [0.2, 0.25) is 5.15 Å². The number of carbonyl (C=O) groups excluding carboxylic acids is 1. The molecule has 0 aliphatic rings. The maximum atomic E-state index is 11.6. The molecule has 0 unspecified atom stereocenters. The van der Waals surface area contributed by atoms with Crippen LogP contribution in [0.3, 0.4) is 0 Å². The number of ether oxygens (including phenoxy) is 1. The van der Waals surface area contributed by atoms with Gasteiger partial charge < -0.3 is 15.0 Å². The van der Waals surface area contributed by atoms with E-state index < -0.39 is 6.09 Å². The molecule has 3 aromatic rings. The first-order valence-electron chi connectivity index (χ1n) is 7.65. The number of hydrogen-bond donors (Lipinski definition) is 2. The highest BCUT2D eigenvalue weighted by atomic mass is 35.5. The average Bonchev–Trinajstić information content (AvgIpc) is 3.05. The Morgan fingerprint density at radius 2 is 2.12 bits per heavy atom. The number of rotatable bonds is 4. The highest BCUT2D eigenvalue weighted by Crippen LogP contribution is 2.20. The van der Waals surface area contributed by atoms with Gasteiger partial charge in [0, 0.05) is 19.2 Å². The number of fused-ring (bicyclic) bond motifs is 1. The molecule has 0 fully saturated rings. The first-order chi connectivity index (χ1) is 12.2. The number of aromatic nitrogens is 3. The van der Waals surface area contributed by atoms with Crippen molar-refractivity contribution in [1.29, 1.82) is 0 Å². The monoisotopic (exact) mass is 354 g/mol. The number of nitrogens with zero attached hydrogens (tertiary/aromatic N) is 2. The van der Waals surface area contributed by atoms with E-state index in [9.17, 15) is 4.79 Å². The van der Waals surface area contributed by atoms with Gasteiger partial charge in [0.05, 0.1) is 5.56 Å². The van der Waals surface area contributed by atoms with Gasteiger partial charge in [0.2, 0.25) is 0 Å². The van der Waals surface area contributed by atoms with Crippen LogP contribution in [0.15, 0.2) is 42.9 Å². The van der Waals surface area contributed by atoms with Crippen molar-refractivity contribution in [2.75, 3.05) is 6.54 Å². The molecule has 2 N–H and O–H groups in total. The van der Waals surface area contributed by atoms with Crippen molar-refractivity contribution in [2.24, 2.45) is 0 Å². The Morgan fingerprint density at radius 3 is 2.96 bits per heavy atom. The minimum absolute atomic E-state index is 0.244. The van der Waals surface area contributed by atoms with Gasteiger partial charge in [-0.1, -0.05) is 53.8 Å². The minimum Gasteiger partial charge on any atom is -0.445 e. The van der Waals surface area contributed by atoms with E-state index in [1.54, 1.807) is 6.20 Å². The number of hydrogen-bond acceptors (Lipinski definition) is 4. The molecular weight excluding hydrogens is 340 g/mol. The van der Waals surface area contributed by atoms with E-state index in [4.69, 9.17) is 16.3 Å². The van der Waals surface area contributed by atoms with Gasteiger partial charge in [0.25, 0.3) is 0 Å². The van der Waals surface area contributed by atoms with Crippen molar-refractivity contribution in [3.8, 4) is 11.8 Å². The van der Waals surface area contributed by atoms with Crippen LogP contribution in [0.5, 0.6) is 0 Å². The zero-order valence-electron chi connectivity index (χ0n) is 13.3. The quantitative estimate of drug-likeness (QED) is 0.428. The first-order valence-corrected chi connectivity index (χ1v) is 8.03. The largest absolute Gasteiger partial charge is 0.445 e. The molecule has 0 bridgehead atoms. The van der Waals surface area contributed by atoms with Crippen molar-refractivity contribution in [1.82, 2.24) is 20.3 Å². The number of halogens is 1. The van der Waals surface area contributed by atoms with E-state index in [2.05, 4.69) is 32.1 Å². The van der Waals surface area contributed by atoms with Crippen molar-refractivity contribution >= 4 is 28.7 Å². The first kappa shape index (κ1) is 16.8. The lowest BCUT2D eigenvalue weighted by molar-refractivity contribution is 0.140. The van der Waals surface area contributed by atoms with Gasteiger partial charge in [-0.15, -0.1) is 0 Å². The van der Waals surface area contributed by atoms with Crippen molar-refractivity contribution in [3.63, 3.8) is 0 Å². The number of nitrogens with one attached hydrogen (secondary N) is 2. The number of aromatic amines is 1. The van der Waals surface area contributed by atoms with Gasteiger partial charge in [0.15, 0.2) is 5.15 Å². The topological polar surface area (TPSA) is 79.9 Å². The molecule has 3 rings (SSSR count). The third-order valence-electron chi connectivity index (χ3n) is 3.37. The lowest BCUT2D eigenvalue weighted by atomic mass is 10.2. The fourth-order valence-electron chi connectivity index (χ4n) is 2.16. The van der Waals surface area contributed by atoms with Crippen molar-refractivity contribution in [2.45, 2.75) is 13.0 Å². The molecule has 6 nitrogen and oxygen atoms in total. The van der Waals surface area contributed by atoms with E-state index in [1.165, 1.54) is 6.33 Å². The number of amides is 1. The Labute approximate surface area is 149 Å². The van der Waals surface area contributed by atoms with Crippen LogP contribution in [0.25, 0.3) is 11.0 Å². The normalized spacial score (nSPS) is 10.1. The fraction of sp³-hybridized carbons (Fsp3) is 0.167. The Hall–Kier alpha value is -3.04. The second kappa shape index (κ2) is 8.18. The summed E-state index contributed by atoms with van der Waals surface area (Å²) in [6.45, 7) is 0.646. The molecule has 0 saturated heterocycles. The van der Waals surface area contributed by atoms with Crippen LogP contribution < -0.4 is 5.32 Å². The van der Waals surface area contributed by atoms with Crippen LogP contribution in [-0.2, 0) is 11.3 Å². The molecule has 0 spiro atoms. The maximum absolute atomic E-state index is 11.6. The molecule has 0 aliphatic heterocycles. The van der Waals surface area contributed by atoms with Gasteiger partial charge in [-0.2, -0.15) is 0 Å². The van der Waals surface area contributed by atoms with Crippen LogP contribution in [0.1, 0.15) is 17.5 Å². The van der Waals surface area contributed by atoms with E-state index in [0.29, 0.717) is 29.2 Å². The predicted octanol–water partition coefficient (Wildman–Crippen LogP) is 3.28. The average molecular weight is 355 g/mol. The van der Waals surface area contributed by atoms with Gasteiger partial charge >= 0.3 is 6.09 Å². The molecule has 0 saturated carbocycles. The number of carbonyl (C=O) groups is 1. The molecule has 1 aromatic carbocycles. The van der Waals surface area contributed by atoms with E-state index in [-0.39, 0.29) is 6.61 Å². The zero-order valence-corrected chi connectivity index (χ0v) is 14.0. The summed E-state index contributed by atoms with van der Waals surface area (Å²) in [6.07, 6.45) is 3.16. The third kappa shape index (κ3) is 4.49. The molecule has 0 atom stereocenters. The van der Waals surface area contributed by atoms with Crippen LogP contribution in [0.4, 0.5) is 4.79 Å². The van der Waals surface area contributed by atoms with Gasteiger partial charge in [-0.25, -0.2) is 14.8 Å². The van der Waals surface area contributed by atoms with Crippen LogP contribution >= 0.6 is 11.6 Å². The molecule has 0 aliphatic carbocycles. The van der Waals surface area contributed by atoms with Gasteiger partial charge in [0.1, 0.15) is 24.0 Å². The van der Waals surface area contributed by atoms with Crippen molar-refractivity contribution in [3.05, 3.63) is 59.1 Å². The Morgan fingerprint density at radius 1 is 1.28 bits per heavy atom. The molecular formula is C18H15ClN4O2. The Balaban J connectivity index is 1.45. The van der Waals surface area contributed by atoms with E-state index >= 15 is 0 Å². The fourth-order valence-corrected chi connectivity index (χ4v) is 2.35. The summed E-state index contributed by atoms with van der Waals surface area (Å²) in [5.41, 5.74) is 3.03. The summed E-state index contributed by atoms with van der Waals surface area (Å²) in [6, 6.07) is 9.51. The predicted molar refractivity (Wildman–Crippen MR) is 95.0 cm³/mol. The van der Waals surface area contributed by atoms with E-state index in [1.807, 2.05) is 30.3 Å². The molecule has 1 amide bonds. The summed E-state index contributed by atoms with van der Waals surface area (Å²) in [7, 11) is 0. The number of alkyl carbamates (subject to hydrolysis) is 1. The molecule has 0 radical (unpaired) electrons. The smallest absolute Gasteiger partial charge is 0.407 e. The van der Waals surface area contributed by atoms with Gasteiger partial charge in [-0.3, -0.25) is 0 Å². The maximum Gasteiger partial charge on any atom is 0.407 e. The minimum atomic E-state index is -0.461. The summed E-state index contributed by atoms with van der Waals surface area (Å²) in [5, 5.41) is 3.02. The summed E-state index contributed by atoms with van der Waals surface area (Å²) >= 11 is 5.97. The second-order valence-corrected chi connectivity index (χ2v) is 5.49. The zero-order chi connectivity index (χ0) is 17.5. The molecule has 2 aromatic heterocycles. The number of H-pyrrole nitrogens is 1. The van der Waals surface area contributed by atoms with Crippen molar-refractivity contribution < 1.29 is 9.53 Å². The SMILES string of the molecule is O=C(NCCC#Cc1c[nH]c2c(Cl)ncnc12)OCc1ccccc1. The molecule has 126 valence electrons. The van der Waals surface area contributed by atoms with Crippen LogP contribution in [0, 0.1) is 11.8 Å². The lowest BCUT2D eigenvalue weighted by Gasteiger charge is -2.05. The molecule has 2 heterocycles. The molecule has 7 heteroatoms. The second-order valence-electron chi connectivity index (χ2n) is 5.13. The Bertz CT molecular complexity index is 928. The summed E-state index contributed by atoms with van der Waals surface area (Å²) < 4.78 is 5.12. The number of benzene rings is 1. The lowest BCUT2D eigenvalue weighted by Crippen LogP contribution is -2.24. The standard InChI is InChI=1S/C18H15ClN4O2/c19-17-16-15(22-12-23-17)14(10-21-16)8-4-5-9-20-18(24)25-11-13-6-2-1-3-7-13/h1-3,6-7,10,12,21H,5,9,11H2,(H,20,24). The van der Waals surface area contributed by atoms with Crippen LogP contribution in [-0.4, -0.2) is 27.6 Å².